The molecule has 0 unspecified atom stereocenters. The van der Waals surface area contributed by atoms with Crippen molar-refractivity contribution < 1.29 is 33.0 Å². The minimum Gasteiger partial charge on any atom is -0.497 e. The molecule has 0 aromatic heterocycles. The zero-order valence-electron chi connectivity index (χ0n) is 23.6. The molecule has 2 N–H and O–H groups in total. The molecule has 1 saturated carbocycles. The predicted molar refractivity (Wildman–Crippen MR) is 148 cm³/mol. The Balaban J connectivity index is 1.55. The van der Waals surface area contributed by atoms with Gasteiger partial charge in [0.25, 0.3) is 5.91 Å². The van der Waals surface area contributed by atoms with E-state index >= 15 is 0 Å². The van der Waals surface area contributed by atoms with Crippen molar-refractivity contribution in [1.29, 1.82) is 0 Å². The quantitative estimate of drug-likeness (QED) is 0.409. The number of aliphatic hydroxyl groups is 1. The topological polar surface area (TPSA) is 91.3 Å². The third-order valence-corrected chi connectivity index (χ3v) is 9.94. The minimum atomic E-state index is -1.85. The molecule has 1 saturated heterocycles. The van der Waals surface area contributed by atoms with Crippen LogP contribution in [0, 0.1) is 17.0 Å². The second-order valence-electron chi connectivity index (χ2n) is 11.7. The zero-order valence-corrected chi connectivity index (χ0v) is 23.6. The number of anilines is 1. The fraction of sp³-hybridized carbons (Fsp3) is 0.484. The van der Waals surface area contributed by atoms with Crippen LogP contribution in [0.15, 0.2) is 48.6 Å². The van der Waals surface area contributed by atoms with Crippen LogP contribution in [0.5, 0.6) is 5.75 Å². The largest absolute Gasteiger partial charge is 0.497 e. The van der Waals surface area contributed by atoms with Crippen molar-refractivity contribution in [1.82, 2.24) is 10.2 Å². The number of likely N-dealkylation sites (N-methyl/N-ethyl adjacent to an activating group) is 1. The number of hydrogen-bond acceptors (Lipinski definition) is 7. The molecule has 2 aromatic rings. The van der Waals surface area contributed by atoms with E-state index in [1.807, 2.05) is 37.1 Å². The summed E-state index contributed by atoms with van der Waals surface area (Å²) in [5, 5.41) is 15.6. The molecule has 8 nitrogen and oxygen atoms in total. The van der Waals surface area contributed by atoms with Gasteiger partial charge in [-0.15, -0.1) is 0 Å². The van der Waals surface area contributed by atoms with E-state index in [9.17, 15) is 23.5 Å². The maximum atomic E-state index is 14.5. The average molecular weight is 568 g/mol. The van der Waals surface area contributed by atoms with E-state index in [1.165, 1.54) is 13.0 Å². The van der Waals surface area contributed by atoms with Crippen molar-refractivity contribution in [2.45, 2.75) is 55.9 Å². The van der Waals surface area contributed by atoms with Crippen LogP contribution in [-0.4, -0.2) is 79.5 Å². The summed E-state index contributed by atoms with van der Waals surface area (Å²) in [6, 6.07) is 8.34. The maximum absolute atomic E-state index is 14.5. The van der Waals surface area contributed by atoms with Gasteiger partial charge >= 0.3 is 5.97 Å². The van der Waals surface area contributed by atoms with Crippen LogP contribution in [0.4, 0.5) is 14.5 Å². The van der Waals surface area contributed by atoms with Gasteiger partial charge in [0, 0.05) is 49.1 Å². The Morgan fingerprint density at radius 1 is 1.17 bits per heavy atom. The van der Waals surface area contributed by atoms with Crippen molar-refractivity contribution in [3.05, 3.63) is 71.3 Å². The molecule has 3 heterocycles. The number of amides is 1. The Kier molecular flexibility index (Phi) is 6.42. The van der Waals surface area contributed by atoms with Gasteiger partial charge in [-0.25, -0.2) is 8.78 Å². The van der Waals surface area contributed by atoms with Crippen molar-refractivity contribution in [3.8, 4) is 5.75 Å². The Morgan fingerprint density at radius 3 is 2.56 bits per heavy atom. The van der Waals surface area contributed by atoms with Crippen LogP contribution in [0.1, 0.15) is 42.6 Å². The fourth-order valence-corrected chi connectivity index (χ4v) is 8.67. The molecule has 4 aliphatic rings. The fourth-order valence-electron chi connectivity index (χ4n) is 8.67. The molecule has 2 aromatic carbocycles. The van der Waals surface area contributed by atoms with Crippen LogP contribution in [-0.2, 0) is 14.9 Å². The van der Waals surface area contributed by atoms with Gasteiger partial charge in [0.2, 0.25) is 0 Å². The van der Waals surface area contributed by atoms with Crippen LogP contribution in [0.25, 0.3) is 0 Å². The van der Waals surface area contributed by atoms with E-state index in [0.29, 0.717) is 12.2 Å². The number of methoxy groups -OCH3 is 1. The van der Waals surface area contributed by atoms with Gasteiger partial charge in [-0.3, -0.25) is 14.5 Å². The molecular formula is C31H35F2N3O5. The van der Waals surface area contributed by atoms with E-state index in [1.54, 1.807) is 7.11 Å². The Bertz CT molecular complexity index is 1430. The highest BCUT2D eigenvalue weighted by molar-refractivity contribution is 5.94. The summed E-state index contributed by atoms with van der Waals surface area (Å²) >= 11 is 0. The Labute approximate surface area is 237 Å². The molecule has 0 radical (unpaired) electrons. The van der Waals surface area contributed by atoms with Crippen LogP contribution in [0.2, 0.25) is 0 Å². The highest BCUT2D eigenvalue weighted by atomic mass is 19.1. The van der Waals surface area contributed by atoms with E-state index in [4.69, 9.17) is 9.47 Å². The lowest BCUT2D eigenvalue weighted by Crippen LogP contribution is -2.81. The van der Waals surface area contributed by atoms with Crippen molar-refractivity contribution in [2.75, 3.05) is 38.7 Å². The number of nitrogens with zero attached hydrogens (tertiary/aromatic N) is 2. The molecule has 1 amide bonds. The Hall–Kier alpha value is -3.50. The number of carbonyl (C=O) groups is 2. The van der Waals surface area contributed by atoms with E-state index in [0.717, 1.165) is 42.9 Å². The lowest BCUT2D eigenvalue weighted by Gasteiger charge is -2.64. The molecule has 218 valence electrons. The predicted octanol–water partition coefficient (Wildman–Crippen LogP) is 3.18. The summed E-state index contributed by atoms with van der Waals surface area (Å²) in [6.07, 6.45) is 4.32. The summed E-state index contributed by atoms with van der Waals surface area (Å²) in [6.45, 7) is 4.41. The second kappa shape index (κ2) is 9.52. The average Bonchev–Trinajstić information content (AvgIpc) is 3.46. The maximum Gasteiger partial charge on any atom is 0.303 e. The molecule has 10 heteroatoms. The summed E-state index contributed by atoms with van der Waals surface area (Å²) in [7, 11) is 3.48. The van der Waals surface area contributed by atoms with E-state index in [-0.39, 0.29) is 6.04 Å². The number of ether oxygens (including phenoxy) is 2. The molecule has 3 aliphatic heterocycles. The van der Waals surface area contributed by atoms with Crippen molar-refractivity contribution in [3.63, 3.8) is 0 Å². The third-order valence-electron chi connectivity index (χ3n) is 9.94. The van der Waals surface area contributed by atoms with Gasteiger partial charge in [0.1, 0.15) is 34.7 Å². The molecule has 1 spiro atoms. The number of halogens is 2. The SMILES string of the molecule is CC[C@]12C=CCN3CC[C@@]4(c5ccc(OC)cc5N(C)[C@H]4[C@@](O)(CNC(=O)c4c(F)cccc4F)[C@@H]1OC(C)=O)[C@@H]32. The molecule has 1 aliphatic carbocycles. The molecular weight excluding hydrogens is 532 g/mol. The monoisotopic (exact) mass is 567 g/mol. The first-order valence-electron chi connectivity index (χ1n) is 14.0. The zero-order chi connectivity index (χ0) is 29.3. The van der Waals surface area contributed by atoms with Crippen LogP contribution >= 0.6 is 0 Å². The van der Waals surface area contributed by atoms with Crippen molar-refractivity contribution in [2.24, 2.45) is 5.41 Å². The molecule has 41 heavy (non-hydrogen) atoms. The Morgan fingerprint density at radius 2 is 1.90 bits per heavy atom. The van der Waals surface area contributed by atoms with Crippen LogP contribution in [0.3, 0.4) is 0 Å². The lowest BCUT2D eigenvalue weighted by atomic mass is 9.47. The lowest BCUT2D eigenvalue weighted by molar-refractivity contribution is -0.216. The first kappa shape index (κ1) is 27.7. The number of fused-ring (bicyclic) bond motifs is 1. The van der Waals surface area contributed by atoms with Gasteiger partial charge in [0.05, 0.1) is 19.7 Å². The normalized spacial score (nSPS) is 33.1. The molecule has 2 fully saturated rings. The van der Waals surface area contributed by atoms with E-state index < -0.39 is 64.2 Å². The van der Waals surface area contributed by atoms with Gasteiger partial charge in [-0.1, -0.05) is 31.2 Å². The van der Waals surface area contributed by atoms with Gasteiger partial charge < -0.3 is 24.8 Å². The van der Waals surface area contributed by atoms with Crippen molar-refractivity contribution >= 4 is 17.6 Å². The van der Waals surface area contributed by atoms with Gasteiger partial charge in [0.15, 0.2) is 0 Å². The third kappa shape index (κ3) is 3.62. The van der Waals surface area contributed by atoms with E-state index in [2.05, 4.69) is 22.4 Å². The molecule has 6 atom stereocenters. The first-order valence-corrected chi connectivity index (χ1v) is 14.0. The number of hydrogen-bond donors (Lipinski definition) is 2. The summed E-state index contributed by atoms with van der Waals surface area (Å²) in [4.78, 5) is 30.2. The first-order chi connectivity index (χ1) is 19.5. The van der Waals surface area contributed by atoms with Gasteiger partial charge in [-0.2, -0.15) is 0 Å². The summed E-state index contributed by atoms with van der Waals surface area (Å²) in [5.41, 5.74) is -2.06. The highest BCUT2D eigenvalue weighted by Crippen LogP contribution is 2.67. The number of carbonyl (C=O) groups excluding carboxylic acids is 2. The minimum absolute atomic E-state index is 0.114. The van der Waals surface area contributed by atoms with Gasteiger partial charge in [-0.05, 0) is 43.1 Å². The number of nitrogens with one attached hydrogen (secondary N) is 1. The highest BCUT2D eigenvalue weighted by Gasteiger charge is 2.77. The smallest absolute Gasteiger partial charge is 0.303 e. The number of rotatable bonds is 6. The second-order valence-corrected chi connectivity index (χ2v) is 11.7. The summed E-state index contributed by atoms with van der Waals surface area (Å²) < 4.78 is 40.7. The number of benzene rings is 2. The summed E-state index contributed by atoms with van der Waals surface area (Å²) in [5.74, 6) is -2.91. The van der Waals surface area contributed by atoms with Crippen LogP contribution < -0.4 is 15.0 Å². The molecule has 6 rings (SSSR count). The molecule has 0 bridgehead atoms. The standard InChI is InChI=1S/C31H35F2N3O5/c1-5-29-12-7-14-36-15-13-30(26(29)36)20-11-10-19(40-4)16-23(20)35(3)27(30)31(39,28(29)41-18(2)37)17-34-25(38)24-21(32)8-6-9-22(24)33/h6-12,16,26-28,39H,5,13-15,17H2,1-4H3,(H,34,38)/t26-,27+,28+,29+,30+,31-/m0/s1. The number of esters is 1.